The predicted molar refractivity (Wildman–Crippen MR) is 63.8 cm³/mol. The van der Waals surface area contributed by atoms with Gasteiger partial charge in [0.15, 0.2) is 0 Å². The lowest BCUT2D eigenvalue weighted by Crippen LogP contribution is -2.33. The second-order valence-electron chi connectivity index (χ2n) is 4.12. The Morgan fingerprint density at radius 3 is 2.87 bits per heavy atom. The minimum Gasteiger partial charge on any atom is -0.292 e. The van der Waals surface area contributed by atoms with E-state index in [0.29, 0.717) is 6.04 Å². The summed E-state index contributed by atoms with van der Waals surface area (Å²) in [5.41, 5.74) is 0. The SMILES string of the molecule is CC1CCN(Cc2ncccn2)C1CBr. The molecular weight excluding hydrogens is 254 g/mol. The average molecular weight is 270 g/mol. The van der Waals surface area contributed by atoms with Gasteiger partial charge in [0.1, 0.15) is 5.82 Å². The largest absolute Gasteiger partial charge is 0.292 e. The van der Waals surface area contributed by atoms with Crippen molar-refractivity contribution in [2.45, 2.75) is 25.9 Å². The highest BCUT2D eigenvalue weighted by Crippen LogP contribution is 2.26. The molecule has 1 aromatic heterocycles. The van der Waals surface area contributed by atoms with Crippen LogP contribution in [0.2, 0.25) is 0 Å². The van der Waals surface area contributed by atoms with E-state index in [1.807, 2.05) is 18.5 Å². The van der Waals surface area contributed by atoms with Gasteiger partial charge in [-0.3, -0.25) is 4.90 Å². The summed E-state index contributed by atoms with van der Waals surface area (Å²) in [6.45, 7) is 4.36. The van der Waals surface area contributed by atoms with E-state index in [1.165, 1.54) is 6.42 Å². The van der Waals surface area contributed by atoms with E-state index in [2.05, 4.69) is 37.7 Å². The van der Waals surface area contributed by atoms with Crippen LogP contribution in [-0.2, 0) is 6.54 Å². The highest BCUT2D eigenvalue weighted by molar-refractivity contribution is 9.09. The number of likely N-dealkylation sites (tertiary alicyclic amines) is 1. The number of rotatable bonds is 3. The van der Waals surface area contributed by atoms with Crippen molar-refractivity contribution >= 4 is 15.9 Å². The van der Waals surface area contributed by atoms with Gasteiger partial charge in [-0.25, -0.2) is 9.97 Å². The fourth-order valence-corrected chi connectivity index (χ4v) is 3.17. The summed E-state index contributed by atoms with van der Waals surface area (Å²) in [6, 6.07) is 2.49. The van der Waals surface area contributed by atoms with Gasteiger partial charge in [0, 0.05) is 23.8 Å². The summed E-state index contributed by atoms with van der Waals surface area (Å²) in [5, 5.41) is 1.04. The van der Waals surface area contributed by atoms with Crippen molar-refractivity contribution in [1.82, 2.24) is 14.9 Å². The smallest absolute Gasteiger partial charge is 0.142 e. The fraction of sp³-hybridized carbons (Fsp3) is 0.636. The zero-order valence-corrected chi connectivity index (χ0v) is 10.5. The number of aromatic nitrogens is 2. The molecule has 4 heteroatoms. The lowest BCUT2D eigenvalue weighted by atomic mass is 10.1. The topological polar surface area (TPSA) is 29.0 Å². The number of hydrogen-bond donors (Lipinski definition) is 0. The molecule has 0 amide bonds. The molecule has 2 rings (SSSR count). The molecule has 0 bridgehead atoms. The van der Waals surface area contributed by atoms with Crippen molar-refractivity contribution in [3.05, 3.63) is 24.3 Å². The van der Waals surface area contributed by atoms with Crippen LogP contribution >= 0.6 is 15.9 Å². The maximum absolute atomic E-state index is 4.27. The third-order valence-electron chi connectivity index (χ3n) is 3.12. The first-order valence-electron chi connectivity index (χ1n) is 5.37. The van der Waals surface area contributed by atoms with E-state index in [-0.39, 0.29) is 0 Å². The zero-order chi connectivity index (χ0) is 10.7. The van der Waals surface area contributed by atoms with Crippen LogP contribution in [0.15, 0.2) is 18.5 Å². The second kappa shape index (κ2) is 5.03. The van der Waals surface area contributed by atoms with Crippen LogP contribution in [0.5, 0.6) is 0 Å². The van der Waals surface area contributed by atoms with Crippen LogP contribution in [-0.4, -0.2) is 32.8 Å². The molecule has 2 atom stereocenters. The van der Waals surface area contributed by atoms with Gasteiger partial charge in [0.2, 0.25) is 0 Å². The summed E-state index contributed by atoms with van der Waals surface area (Å²) in [7, 11) is 0. The highest BCUT2D eigenvalue weighted by Gasteiger charge is 2.30. The first-order valence-corrected chi connectivity index (χ1v) is 6.49. The van der Waals surface area contributed by atoms with E-state index in [1.54, 1.807) is 0 Å². The quantitative estimate of drug-likeness (QED) is 0.787. The molecule has 0 N–H and O–H groups in total. The van der Waals surface area contributed by atoms with Crippen molar-refractivity contribution in [2.24, 2.45) is 5.92 Å². The second-order valence-corrected chi connectivity index (χ2v) is 4.77. The van der Waals surface area contributed by atoms with E-state index in [9.17, 15) is 0 Å². The molecule has 0 saturated carbocycles. The maximum Gasteiger partial charge on any atom is 0.142 e. The Labute approximate surface area is 99.0 Å². The molecule has 3 nitrogen and oxygen atoms in total. The monoisotopic (exact) mass is 269 g/mol. The minimum atomic E-state index is 0.633. The Balaban J connectivity index is 2.00. The standard InChI is InChI=1S/C11H16BrN3/c1-9-3-6-15(10(9)7-12)8-11-13-4-2-5-14-11/h2,4-5,9-10H,3,6-8H2,1H3. The van der Waals surface area contributed by atoms with Crippen LogP contribution in [0.4, 0.5) is 0 Å². The molecule has 0 aliphatic carbocycles. The molecular formula is C11H16BrN3. The van der Waals surface area contributed by atoms with Crippen LogP contribution < -0.4 is 0 Å². The summed E-state index contributed by atoms with van der Waals surface area (Å²) in [6.07, 6.45) is 4.90. The van der Waals surface area contributed by atoms with E-state index < -0.39 is 0 Å². The molecule has 2 unspecified atom stereocenters. The van der Waals surface area contributed by atoms with Crippen LogP contribution in [0, 0.1) is 5.92 Å². The molecule has 0 aromatic carbocycles. The Bertz CT molecular complexity index is 304. The van der Waals surface area contributed by atoms with Crippen molar-refractivity contribution < 1.29 is 0 Å². The Morgan fingerprint density at radius 1 is 1.47 bits per heavy atom. The van der Waals surface area contributed by atoms with E-state index in [0.717, 1.165) is 30.2 Å². The fourth-order valence-electron chi connectivity index (χ4n) is 2.13. The lowest BCUT2D eigenvalue weighted by molar-refractivity contribution is 0.238. The molecule has 0 spiro atoms. The molecule has 1 aromatic rings. The highest BCUT2D eigenvalue weighted by atomic mass is 79.9. The number of halogens is 1. The summed E-state index contributed by atoms with van der Waals surface area (Å²) >= 11 is 3.59. The molecule has 1 aliphatic rings. The van der Waals surface area contributed by atoms with Crippen molar-refractivity contribution in [3.8, 4) is 0 Å². The number of alkyl halides is 1. The Morgan fingerprint density at radius 2 is 2.20 bits per heavy atom. The Hall–Kier alpha value is -0.480. The zero-order valence-electron chi connectivity index (χ0n) is 8.93. The molecule has 82 valence electrons. The van der Waals surface area contributed by atoms with Crippen LogP contribution in [0.3, 0.4) is 0 Å². The first kappa shape index (κ1) is 11.0. The molecule has 0 radical (unpaired) electrons. The third-order valence-corrected chi connectivity index (χ3v) is 3.78. The van der Waals surface area contributed by atoms with Gasteiger partial charge in [-0.2, -0.15) is 0 Å². The van der Waals surface area contributed by atoms with Crippen LogP contribution in [0.25, 0.3) is 0 Å². The number of nitrogens with zero attached hydrogens (tertiary/aromatic N) is 3. The van der Waals surface area contributed by atoms with E-state index >= 15 is 0 Å². The Kier molecular flexibility index (Phi) is 3.70. The molecule has 2 heterocycles. The normalized spacial score (nSPS) is 27.1. The lowest BCUT2D eigenvalue weighted by Gasteiger charge is -2.24. The van der Waals surface area contributed by atoms with Crippen LogP contribution in [0.1, 0.15) is 19.2 Å². The minimum absolute atomic E-state index is 0.633. The summed E-state index contributed by atoms with van der Waals surface area (Å²) < 4.78 is 0. The van der Waals surface area contributed by atoms with E-state index in [4.69, 9.17) is 0 Å². The van der Waals surface area contributed by atoms with Gasteiger partial charge in [0.25, 0.3) is 0 Å². The number of hydrogen-bond acceptors (Lipinski definition) is 3. The van der Waals surface area contributed by atoms with Gasteiger partial charge in [-0.15, -0.1) is 0 Å². The van der Waals surface area contributed by atoms with Crippen molar-refractivity contribution in [2.75, 3.05) is 11.9 Å². The molecule has 1 aliphatic heterocycles. The van der Waals surface area contributed by atoms with Gasteiger partial charge in [0.05, 0.1) is 6.54 Å². The van der Waals surface area contributed by atoms with Gasteiger partial charge in [-0.1, -0.05) is 22.9 Å². The molecule has 1 fully saturated rings. The summed E-state index contributed by atoms with van der Waals surface area (Å²) in [4.78, 5) is 11.0. The molecule has 15 heavy (non-hydrogen) atoms. The van der Waals surface area contributed by atoms with Gasteiger partial charge >= 0.3 is 0 Å². The summed E-state index contributed by atoms with van der Waals surface area (Å²) in [5.74, 6) is 1.70. The van der Waals surface area contributed by atoms with Gasteiger partial charge in [-0.05, 0) is 24.9 Å². The maximum atomic E-state index is 4.27. The van der Waals surface area contributed by atoms with Crippen molar-refractivity contribution in [1.29, 1.82) is 0 Å². The molecule has 1 saturated heterocycles. The third kappa shape index (κ3) is 2.55. The average Bonchev–Trinajstić information content (AvgIpc) is 2.61. The first-order chi connectivity index (χ1) is 7.31. The van der Waals surface area contributed by atoms with Crippen molar-refractivity contribution in [3.63, 3.8) is 0 Å². The van der Waals surface area contributed by atoms with Gasteiger partial charge < -0.3 is 0 Å². The predicted octanol–water partition coefficient (Wildman–Crippen LogP) is 2.08.